The molecule has 0 heterocycles. The van der Waals surface area contributed by atoms with E-state index in [9.17, 15) is 18.0 Å². The van der Waals surface area contributed by atoms with Crippen LogP contribution in [0.3, 0.4) is 0 Å². The van der Waals surface area contributed by atoms with Crippen molar-refractivity contribution in [2.75, 3.05) is 12.4 Å². The summed E-state index contributed by atoms with van der Waals surface area (Å²) in [5, 5.41) is 2.67. The van der Waals surface area contributed by atoms with Crippen LogP contribution in [-0.4, -0.2) is 27.2 Å². The number of nitrogens with one attached hydrogen (secondary N) is 2. The van der Waals surface area contributed by atoms with Gasteiger partial charge in [0.15, 0.2) is 5.78 Å². The molecule has 6 nitrogen and oxygen atoms in total. The summed E-state index contributed by atoms with van der Waals surface area (Å²) in [7, 11) is -2.18. The lowest BCUT2D eigenvalue weighted by Gasteiger charge is -2.08. The number of Topliss-reactive ketones (excluding diaryl/α,β-unsaturated/α-hetero) is 1. The van der Waals surface area contributed by atoms with E-state index in [1.54, 1.807) is 0 Å². The molecule has 138 valence electrons. The number of ketones is 1. The van der Waals surface area contributed by atoms with E-state index in [-0.39, 0.29) is 29.4 Å². The minimum Gasteiger partial charge on any atom is -0.326 e. The molecule has 0 saturated carbocycles. The molecule has 0 atom stereocenters. The van der Waals surface area contributed by atoms with Crippen molar-refractivity contribution in [1.29, 1.82) is 0 Å². The predicted octanol–water partition coefficient (Wildman–Crippen LogP) is 2.81. The molecule has 0 unspecified atom stereocenters. The molecule has 0 aliphatic rings. The van der Waals surface area contributed by atoms with E-state index in [4.69, 9.17) is 0 Å². The normalized spacial score (nSPS) is 11.2. The second-order valence-corrected chi connectivity index (χ2v) is 7.91. The Bertz CT molecular complexity index is 919. The quantitative estimate of drug-likeness (QED) is 0.729. The topological polar surface area (TPSA) is 92.3 Å². The van der Waals surface area contributed by atoms with Gasteiger partial charge in [-0.3, -0.25) is 9.59 Å². The monoisotopic (exact) mass is 374 g/mol. The van der Waals surface area contributed by atoms with Gasteiger partial charge in [-0.2, -0.15) is 0 Å². The van der Waals surface area contributed by atoms with Crippen LogP contribution >= 0.6 is 0 Å². The first-order valence-corrected chi connectivity index (χ1v) is 9.65. The van der Waals surface area contributed by atoms with E-state index in [1.807, 2.05) is 32.0 Å². The average molecular weight is 374 g/mol. The van der Waals surface area contributed by atoms with Crippen LogP contribution in [0.5, 0.6) is 0 Å². The van der Waals surface area contributed by atoms with Crippen LogP contribution in [0.2, 0.25) is 0 Å². The second kappa shape index (κ2) is 8.25. The number of hydrogen-bond donors (Lipinski definition) is 2. The Labute approximate surface area is 153 Å². The summed E-state index contributed by atoms with van der Waals surface area (Å²) >= 11 is 0. The summed E-state index contributed by atoms with van der Waals surface area (Å²) in [6.07, 6.45) is 0.172. The Morgan fingerprint density at radius 2 is 1.62 bits per heavy atom. The van der Waals surface area contributed by atoms with Gasteiger partial charge in [0, 0.05) is 24.1 Å². The number of aryl methyl sites for hydroxylation is 2. The fourth-order valence-electron chi connectivity index (χ4n) is 2.46. The maximum Gasteiger partial charge on any atom is 0.240 e. The Balaban J connectivity index is 1.95. The largest absolute Gasteiger partial charge is 0.326 e. The molecule has 2 aromatic carbocycles. The third-order valence-electron chi connectivity index (χ3n) is 3.99. The summed E-state index contributed by atoms with van der Waals surface area (Å²) in [6, 6.07) is 11.5. The maximum atomic E-state index is 12.3. The van der Waals surface area contributed by atoms with E-state index >= 15 is 0 Å². The minimum atomic E-state index is -3.51. The molecule has 0 saturated heterocycles. The summed E-state index contributed by atoms with van der Waals surface area (Å²) in [6.45, 7) is 3.79. The Morgan fingerprint density at radius 3 is 2.23 bits per heavy atom. The molecule has 0 radical (unpaired) electrons. The number of benzene rings is 2. The van der Waals surface area contributed by atoms with Crippen molar-refractivity contribution in [3.63, 3.8) is 0 Å². The van der Waals surface area contributed by atoms with E-state index in [0.29, 0.717) is 11.3 Å². The molecule has 0 fully saturated rings. The van der Waals surface area contributed by atoms with Gasteiger partial charge in [-0.1, -0.05) is 17.7 Å². The lowest BCUT2D eigenvalue weighted by atomic mass is 9.99. The van der Waals surface area contributed by atoms with Gasteiger partial charge >= 0.3 is 0 Å². The third-order valence-corrected chi connectivity index (χ3v) is 5.42. The molecule has 7 heteroatoms. The van der Waals surface area contributed by atoms with E-state index in [1.165, 1.54) is 31.3 Å². The van der Waals surface area contributed by atoms with Crippen molar-refractivity contribution < 1.29 is 18.0 Å². The number of carbonyl (C=O) groups is 2. The number of sulfonamides is 1. The third kappa shape index (κ3) is 5.00. The van der Waals surface area contributed by atoms with Gasteiger partial charge in [0.25, 0.3) is 0 Å². The van der Waals surface area contributed by atoms with Crippen LogP contribution in [0, 0.1) is 13.8 Å². The van der Waals surface area contributed by atoms with Crippen LogP contribution in [0.1, 0.15) is 34.3 Å². The summed E-state index contributed by atoms with van der Waals surface area (Å²) < 4.78 is 25.5. The first kappa shape index (κ1) is 19.8. The van der Waals surface area contributed by atoms with Gasteiger partial charge in [-0.05, 0) is 56.8 Å². The van der Waals surface area contributed by atoms with Crippen LogP contribution in [-0.2, 0) is 14.8 Å². The van der Waals surface area contributed by atoms with Crippen molar-refractivity contribution in [3.05, 3.63) is 59.2 Å². The highest BCUT2D eigenvalue weighted by Gasteiger charge is 2.13. The number of rotatable bonds is 7. The molecule has 2 rings (SSSR count). The lowest BCUT2D eigenvalue weighted by molar-refractivity contribution is -0.116. The standard InChI is InChI=1S/C19H22N2O4S/c1-13-4-5-14(2)17(12-13)18(22)10-11-19(23)21-15-6-8-16(9-7-15)26(24,25)20-3/h4-9,12,20H,10-11H2,1-3H3,(H,21,23). The number of hydrogen-bond acceptors (Lipinski definition) is 4. The lowest BCUT2D eigenvalue weighted by Crippen LogP contribution is -2.18. The van der Waals surface area contributed by atoms with Crippen molar-refractivity contribution in [3.8, 4) is 0 Å². The van der Waals surface area contributed by atoms with Gasteiger partial charge < -0.3 is 5.32 Å². The molecule has 2 N–H and O–H groups in total. The molecule has 0 spiro atoms. The van der Waals surface area contributed by atoms with E-state index in [0.717, 1.165) is 11.1 Å². The Morgan fingerprint density at radius 1 is 0.962 bits per heavy atom. The number of carbonyl (C=O) groups excluding carboxylic acids is 2. The fraction of sp³-hybridized carbons (Fsp3) is 0.263. The molecule has 26 heavy (non-hydrogen) atoms. The SMILES string of the molecule is CNS(=O)(=O)c1ccc(NC(=O)CCC(=O)c2cc(C)ccc2C)cc1. The van der Waals surface area contributed by atoms with Crippen LogP contribution < -0.4 is 10.0 Å². The Hall–Kier alpha value is -2.51. The van der Waals surface area contributed by atoms with Crippen molar-refractivity contribution in [2.24, 2.45) is 0 Å². The van der Waals surface area contributed by atoms with Gasteiger partial charge in [-0.25, -0.2) is 13.1 Å². The van der Waals surface area contributed by atoms with Crippen LogP contribution in [0.15, 0.2) is 47.4 Å². The van der Waals surface area contributed by atoms with Gasteiger partial charge in [0.05, 0.1) is 4.90 Å². The van der Waals surface area contributed by atoms with Gasteiger partial charge in [0.2, 0.25) is 15.9 Å². The minimum absolute atomic E-state index is 0.0583. The molecule has 0 aliphatic heterocycles. The zero-order valence-corrected chi connectivity index (χ0v) is 15.8. The molecule has 2 aromatic rings. The van der Waals surface area contributed by atoms with Crippen LogP contribution in [0.25, 0.3) is 0 Å². The smallest absolute Gasteiger partial charge is 0.240 e. The highest BCUT2D eigenvalue weighted by atomic mass is 32.2. The number of anilines is 1. The van der Waals surface area contributed by atoms with E-state index < -0.39 is 10.0 Å². The van der Waals surface area contributed by atoms with Crippen molar-refractivity contribution >= 4 is 27.4 Å². The number of amides is 1. The summed E-state index contributed by atoms with van der Waals surface area (Å²) in [5.74, 6) is -0.371. The maximum absolute atomic E-state index is 12.3. The first-order chi connectivity index (χ1) is 12.2. The zero-order chi connectivity index (χ0) is 19.3. The summed E-state index contributed by atoms with van der Waals surface area (Å²) in [5.41, 5.74) is 3.01. The predicted molar refractivity (Wildman–Crippen MR) is 101 cm³/mol. The van der Waals surface area contributed by atoms with Crippen molar-refractivity contribution in [2.45, 2.75) is 31.6 Å². The highest BCUT2D eigenvalue weighted by molar-refractivity contribution is 7.89. The molecule has 1 amide bonds. The fourth-order valence-corrected chi connectivity index (χ4v) is 3.19. The first-order valence-electron chi connectivity index (χ1n) is 8.17. The zero-order valence-electron chi connectivity index (χ0n) is 15.0. The molecule has 0 aliphatic carbocycles. The molecular formula is C19H22N2O4S. The van der Waals surface area contributed by atoms with Gasteiger partial charge in [-0.15, -0.1) is 0 Å². The van der Waals surface area contributed by atoms with Crippen LogP contribution in [0.4, 0.5) is 5.69 Å². The molecular weight excluding hydrogens is 352 g/mol. The summed E-state index contributed by atoms with van der Waals surface area (Å²) in [4.78, 5) is 24.5. The molecule has 0 bridgehead atoms. The van der Waals surface area contributed by atoms with Gasteiger partial charge in [0.1, 0.15) is 0 Å². The van der Waals surface area contributed by atoms with Crippen molar-refractivity contribution in [1.82, 2.24) is 4.72 Å². The van der Waals surface area contributed by atoms with E-state index in [2.05, 4.69) is 10.0 Å². The second-order valence-electron chi connectivity index (χ2n) is 6.02. The molecule has 0 aromatic heterocycles. The highest BCUT2D eigenvalue weighted by Crippen LogP contribution is 2.16. The Kier molecular flexibility index (Phi) is 6.28. The average Bonchev–Trinajstić information content (AvgIpc) is 2.62.